The van der Waals surface area contributed by atoms with Crippen molar-refractivity contribution in [3.8, 4) is 5.75 Å². The van der Waals surface area contributed by atoms with Gasteiger partial charge < -0.3 is 14.5 Å². The Morgan fingerprint density at radius 1 is 1.36 bits per heavy atom. The second-order valence-electron chi connectivity index (χ2n) is 4.43. The lowest BCUT2D eigenvalue weighted by atomic mass is 10.3. The number of nitrogens with zero attached hydrogens (tertiary/aromatic N) is 2. The topological polar surface area (TPSA) is 69.3 Å². The van der Waals surface area contributed by atoms with Crippen molar-refractivity contribution in [2.45, 2.75) is 6.73 Å². The summed E-state index contributed by atoms with van der Waals surface area (Å²) in [5.74, 6) is 0.549. The molecule has 22 heavy (non-hydrogen) atoms. The Labute approximate surface area is 131 Å². The largest absolute Gasteiger partial charge is 0.471 e. The summed E-state index contributed by atoms with van der Waals surface area (Å²) in [6.45, 7) is 0.205. The second-order valence-corrected chi connectivity index (χ2v) is 4.87. The zero-order chi connectivity index (χ0) is 15.4. The third kappa shape index (κ3) is 3.48. The van der Waals surface area contributed by atoms with Crippen LogP contribution < -0.4 is 10.1 Å². The number of amides is 1. The standard InChI is InChI=1S/C15H12ClN3O3/c16-11-3-1-4-13(7-11)22-10-19-9-12(8-17-19)18-15(20)14-5-2-6-21-14/h1-9H,10H2,(H,18,20). The number of hydrogen-bond acceptors (Lipinski definition) is 4. The summed E-state index contributed by atoms with van der Waals surface area (Å²) in [6, 6.07) is 10.3. The van der Waals surface area contributed by atoms with E-state index in [-0.39, 0.29) is 18.4 Å². The van der Waals surface area contributed by atoms with Crippen LogP contribution in [0.5, 0.6) is 5.75 Å². The first kappa shape index (κ1) is 14.2. The van der Waals surface area contributed by atoms with Crippen LogP contribution in [0.25, 0.3) is 0 Å². The Hall–Kier alpha value is -2.73. The fourth-order valence-electron chi connectivity index (χ4n) is 1.80. The molecule has 1 N–H and O–H groups in total. The van der Waals surface area contributed by atoms with Crippen LogP contribution in [0.3, 0.4) is 0 Å². The summed E-state index contributed by atoms with van der Waals surface area (Å²) in [5.41, 5.74) is 0.552. The normalized spacial score (nSPS) is 10.4. The lowest BCUT2D eigenvalue weighted by Gasteiger charge is -2.06. The highest BCUT2D eigenvalue weighted by Gasteiger charge is 2.09. The minimum absolute atomic E-state index is 0.205. The molecule has 0 saturated heterocycles. The van der Waals surface area contributed by atoms with E-state index in [2.05, 4.69) is 10.4 Å². The SMILES string of the molecule is O=C(Nc1cnn(COc2cccc(Cl)c2)c1)c1ccco1. The van der Waals surface area contributed by atoms with Gasteiger partial charge in [-0.3, -0.25) is 4.79 Å². The maximum atomic E-state index is 11.8. The molecule has 0 bridgehead atoms. The van der Waals surface area contributed by atoms with Crippen molar-refractivity contribution < 1.29 is 13.9 Å². The molecule has 6 nitrogen and oxygen atoms in total. The van der Waals surface area contributed by atoms with E-state index in [1.54, 1.807) is 47.3 Å². The number of halogens is 1. The summed E-state index contributed by atoms with van der Waals surface area (Å²) in [4.78, 5) is 11.8. The molecule has 3 rings (SSSR count). The molecular weight excluding hydrogens is 306 g/mol. The van der Waals surface area contributed by atoms with Crippen molar-refractivity contribution >= 4 is 23.2 Å². The molecule has 2 heterocycles. The van der Waals surface area contributed by atoms with Crippen LogP contribution in [-0.2, 0) is 6.73 Å². The Morgan fingerprint density at radius 2 is 2.27 bits per heavy atom. The van der Waals surface area contributed by atoms with Gasteiger partial charge in [-0.15, -0.1) is 0 Å². The van der Waals surface area contributed by atoms with E-state index in [0.717, 1.165) is 0 Å². The van der Waals surface area contributed by atoms with Crippen LogP contribution >= 0.6 is 11.6 Å². The molecule has 0 saturated carbocycles. The average Bonchev–Trinajstić information content (AvgIpc) is 3.17. The maximum Gasteiger partial charge on any atom is 0.291 e. The molecule has 0 unspecified atom stereocenters. The minimum atomic E-state index is -0.333. The monoisotopic (exact) mass is 317 g/mol. The van der Waals surface area contributed by atoms with Gasteiger partial charge in [0.25, 0.3) is 5.91 Å². The highest BCUT2D eigenvalue weighted by atomic mass is 35.5. The Kier molecular flexibility index (Phi) is 4.11. The molecule has 0 aliphatic heterocycles. The fourth-order valence-corrected chi connectivity index (χ4v) is 1.98. The predicted octanol–water partition coefficient (Wildman–Crippen LogP) is 3.42. The zero-order valence-corrected chi connectivity index (χ0v) is 12.2. The molecule has 0 atom stereocenters. The van der Waals surface area contributed by atoms with Crippen molar-refractivity contribution in [2.24, 2.45) is 0 Å². The van der Waals surface area contributed by atoms with Gasteiger partial charge >= 0.3 is 0 Å². The van der Waals surface area contributed by atoms with E-state index >= 15 is 0 Å². The number of ether oxygens (including phenoxy) is 1. The Balaban J connectivity index is 1.58. The molecule has 3 aromatic rings. The highest BCUT2D eigenvalue weighted by Crippen LogP contribution is 2.17. The molecule has 112 valence electrons. The third-order valence-corrected chi connectivity index (χ3v) is 3.03. The number of nitrogens with one attached hydrogen (secondary N) is 1. The molecular formula is C15H12ClN3O3. The highest BCUT2D eigenvalue weighted by molar-refractivity contribution is 6.30. The lowest BCUT2D eigenvalue weighted by Crippen LogP contribution is -2.10. The van der Waals surface area contributed by atoms with Gasteiger partial charge in [0.1, 0.15) is 5.75 Å². The lowest BCUT2D eigenvalue weighted by molar-refractivity contribution is 0.0996. The van der Waals surface area contributed by atoms with Gasteiger partial charge in [0.15, 0.2) is 12.5 Å². The van der Waals surface area contributed by atoms with E-state index in [0.29, 0.717) is 16.5 Å². The van der Waals surface area contributed by atoms with Gasteiger partial charge in [-0.2, -0.15) is 5.10 Å². The quantitative estimate of drug-likeness (QED) is 0.783. The van der Waals surface area contributed by atoms with E-state index in [4.69, 9.17) is 20.8 Å². The van der Waals surface area contributed by atoms with Crippen LogP contribution in [0.4, 0.5) is 5.69 Å². The molecule has 2 aromatic heterocycles. The Bertz CT molecular complexity index is 768. The third-order valence-electron chi connectivity index (χ3n) is 2.80. The van der Waals surface area contributed by atoms with E-state index in [9.17, 15) is 4.79 Å². The number of rotatable bonds is 5. The molecule has 0 aliphatic carbocycles. The van der Waals surface area contributed by atoms with Crippen molar-refractivity contribution in [1.82, 2.24) is 9.78 Å². The number of aromatic nitrogens is 2. The van der Waals surface area contributed by atoms with Crippen LogP contribution in [0.2, 0.25) is 5.02 Å². The summed E-state index contributed by atoms with van der Waals surface area (Å²) in [5, 5.41) is 7.38. The summed E-state index contributed by atoms with van der Waals surface area (Å²) in [7, 11) is 0. The van der Waals surface area contributed by atoms with Gasteiger partial charge in [0.2, 0.25) is 0 Å². The number of benzene rings is 1. The molecule has 0 radical (unpaired) electrons. The fraction of sp³-hybridized carbons (Fsp3) is 0.0667. The molecule has 0 aliphatic rings. The summed E-state index contributed by atoms with van der Waals surface area (Å²) >= 11 is 5.88. The van der Waals surface area contributed by atoms with Crippen molar-refractivity contribution in [1.29, 1.82) is 0 Å². The van der Waals surface area contributed by atoms with E-state index in [1.165, 1.54) is 12.5 Å². The molecule has 0 spiro atoms. The van der Waals surface area contributed by atoms with E-state index < -0.39 is 0 Å². The first-order chi connectivity index (χ1) is 10.7. The predicted molar refractivity (Wildman–Crippen MR) is 81.0 cm³/mol. The minimum Gasteiger partial charge on any atom is -0.471 e. The summed E-state index contributed by atoms with van der Waals surface area (Å²) < 4.78 is 12.1. The van der Waals surface area contributed by atoms with Gasteiger partial charge in [0, 0.05) is 5.02 Å². The van der Waals surface area contributed by atoms with Crippen molar-refractivity contribution in [3.63, 3.8) is 0 Å². The van der Waals surface area contributed by atoms with Crippen molar-refractivity contribution in [2.75, 3.05) is 5.32 Å². The van der Waals surface area contributed by atoms with Gasteiger partial charge in [-0.05, 0) is 30.3 Å². The summed E-state index contributed by atoms with van der Waals surface area (Å²) in [6.07, 6.45) is 4.63. The second kappa shape index (κ2) is 6.36. The van der Waals surface area contributed by atoms with Gasteiger partial charge in [-0.25, -0.2) is 4.68 Å². The molecule has 7 heteroatoms. The number of hydrogen-bond donors (Lipinski definition) is 1. The number of carbonyl (C=O) groups is 1. The molecule has 1 aromatic carbocycles. The van der Waals surface area contributed by atoms with Crippen LogP contribution in [0.15, 0.2) is 59.5 Å². The van der Waals surface area contributed by atoms with Crippen LogP contribution in [0.1, 0.15) is 10.6 Å². The average molecular weight is 318 g/mol. The first-order valence-corrected chi connectivity index (χ1v) is 6.84. The van der Waals surface area contributed by atoms with Gasteiger partial charge in [0.05, 0.1) is 24.3 Å². The first-order valence-electron chi connectivity index (χ1n) is 6.46. The Morgan fingerprint density at radius 3 is 3.05 bits per heavy atom. The zero-order valence-electron chi connectivity index (χ0n) is 11.4. The molecule has 1 amide bonds. The number of furan rings is 1. The van der Waals surface area contributed by atoms with Crippen LogP contribution in [0, 0.1) is 0 Å². The van der Waals surface area contributed by atoms with Crippen LogP contribution in [-0.4, -0.2) is 15.7 Å². The number of carbonyl (C=O) groups excluding carboxylic acids is 1. The maximum absolute atomic E-state index is 11.8. The van der Waals surface area contributed by atoms with Crippen molar-refractivity contribution in [3.05, 3.63) is 65.8 Å². The number of anilines is 1. The molecule has 0 fully saturated rings. The smallest absolute Gasteiger partial charge is 0.291 e. The van der Waals surface area contributed by atoms with E-state index in [1.807, 2.05) is 0 Å². The van der Waals surface area contributed by atoms with Gasteiger partial charge in [-0.1, -0.05) is 17.7 Å².